The molecule has 4 heterocycles. The van der Waals surface area contributed by atoms with Gasteiger partial charge in [-0.25, -0.2) is 10.0 Å². The number of nitrogens with one attached hydrogen (secondary N) is 2. The van der Waals surface area contributed by atoms with Gasteiger partial charge in [0.05, 0.1) is 6.42 Å². The number of likely N-dealkylation sites (tertiary alicyclic amines) is 1. The zero-order valence-electron chi connectivity index (χ0n) is 19.1. The van der Waals surface area contributed by atoms with E-state index in [0.29, 0.717) is 26.1 Å². The smallest absolute Gasteiger partial charge is 0.324 e. The standard InChI is InChI=1S/C24H27N5O6/c30-21(11-18-22(31)27(24(33)25-18)9-8-15-4-2-1-3-5-15)26-12-16-10-17(14-26)19-6-7-20(29(34)35)23(32)28(19)13-16/h1-7,16-18,29,34H,8-14H2,(H,25,33)/t16-,17+,18+/m1/s1. The van der Waals surface area contributed by atoms with Gasteiger partial charge in [0.25, 0.3) is 5.91 Å². The van der Waals surface area contributed by atoms with E-state index in [1.807, 2.05) is 30.3 Å². The molecule has 11 heteroatoms. The third-order valence-electron chi connectivity index (χ3n) is 7.14. The fourth-order valence-electron chi connectivity index (χ4n) is 5.43. The van der Waals surface area contributed by atoms with Crippen LogP contribution in [0.5, 0.6) is 0 Å². The normalized spacial score (nSPS) is 24.2. The monoisotopic (exact) mass is 481 g/mol. The van der Waals surface area contributed by atoms with E-state index in [-0.39, 0.29) is 36.4 Å². The molecule has 3 aliphatic heterocycles. The van der Waals surface area contributed by atoms with Crippen molar-refractivity contribution in [2.75, 3.05) is 19.6 Å². The summed E-state index contributed by atoms with van der Waals surface area (Å²) in [4.78, 5) is 53.8. The van der Waals surface area contributed by atoms with E-state index >= 15 is 0 Å². The average molecular weight is 482 g/mol. The van der Waals surface area contributed by atoms with Crippen LogP contribution in [-0.4, -0.2) is 63.1 Å². The van der Waals surface area contributed by atoms with Gasteiger partial charge in [0, 0.05) is 43.9 Å². The molecule has 2 saturated heterocycles. The van der Waals surface area contributed by atoms with Gasteiger partial charge in [0.2, 0.25) is 11.6 Å². The second kappa shape index (κ2) is 9.25. The number of pyridine rings is 1. The molecule has 2 aromatic rings. The third kappa shape index (κ3) is 4.45. The summed E-state index contributed by atoms with van der Waals surface area (Å²) in [5.41, 5.74) is 0.974. The van der Waals surface area contributed by atoms with Gasteiger partial charge in [0.1, 0.15) is 6.04 Å². The number of rotatable bonds is 6. The Morgan fingerprint density at radius 3 is 2.60 bits per heavy atom. The molecule has 1 unspecified atom stereocenters. The van der Waals surface area contributed by atoms with E-state index in [4.69, 9.17) is 0 Å². The van der Waals surface area contributed by atoms with Gasteiger partial charge in [-0.3, -0.25) is 19.3 Å². The molecule has 11 nitrogen and oxygen atoms in total. The molecule has 4 atom stereocenters. The lowest BCUT2D eigenvalue weighted by atomic mass is 9.83. The molecule has 5 rings (SSSR count). The molecular weight excluding hydrogens is 454 g/mol. The van der Waals surface area contributed by atoms with E-state index in [0.717, 1.165) is 17.7 Å². The number of hydrogen-bond acceptors (Lipinski definition) is 6. The van der Waals surface area contributed by atoms with Crippen LogP contribution in [0, 0.1) is 11.1 Å². The molecule has 3 aliphatic rings. The Balaban J connectivity index is 1.23. The third-order valence-corrected chi connectivity index (χ3v) is 7.14. The van der Waals surface area contributed by atoms with Gasteiger partial charge in [-0.15, -0.1) is 0 Å². The van der Waals surface area contributed by atoms with E-state index < -0.39 is 28.8 Å². The van der Waals surface area contributed by atoms with Crippen molar-refractivity contribution in [3.05, 3.63) is 69.3 Å². The number of nitrogens with zero attached hydrogens (tertiary/aromatic N) is 3. The number of fused-ring (bicyclic) bond motifs is 4. The molecule has 1 aromatic heterocycles. The Bertz CT molecular complexity index is 1210. The van der Waals surface area contributed by atoms with Gasteiger partial charge < -0.3 is 20.0 Å². The molecular formula is C24H27N5O6. The summed E-state index contributed by atoms with van der Waals surface area (Å²) in [7, 11) is 0. The van der Waals surface area contributed by atoms with Crippen molar-refractivity contribution in [3.8, 4) is 0 Å². The van der Waals surface area contributed by atoms with Crippen molar-refractivity contribution in [1.82, 2.24) is 19.7 Å². The number of carbonyl (C=O) groups excluding carboxylic acids is 3. The lowest BCUT2D eigenvalue weighted by Crippen LogP contribution is -3.00. The number of imide groups is 1. The lowest BCUT2D eigenvalue weighted by Gasteiger charge is -2.43. The predicted octanol–water partition coefficient (Wildman–Crippen LogP) is -0.249. The van der Waals surface area contributed by atoms with Crippen LogP contribution >= 0.6 is 0 Å². The van der Waals surface area contributed by atoms with Gasteiger partial charge in [-0.1, -0.05) is 30.3 Å². The van der Waals surface area contributed by atoms with Crippen LogP contribution in [0.1, 0.15) is 30.0 Å². The number of benzene rings is 1. The number of piperidine rings is 1. The second-order valence-corrected chi connectivity index (χ2v) is 9.42. The summed E-state index contributed by atoms with van der Waals surface area (Å²) in [5.74, 6) is -0.683. The molecule has 1 aromatic carbocycles. The molecule has 35 heavy (non-hydrogen) atoms. The number of aromatic nitrogens is 1. The highest BCUT2D eigenvalue weighted by Crippen LogP contribution is 2.35. The maximum atomic E-state index is 13.1. The fourth-order valence-corrected chi connectivity index (χ4v) is 5.43. The van der Waals surface area contributed by atoms with Gasteiger partial charge in [-0.2, -0.15) is 5.23 Å². The molecule has 2 bridgehead atoms. The minimum atomic E-state index is -1.25. The largest absolute Gasteiger partial charge is 0.595 e. The van der Waals surface area contributed by atoms with Crippen LogP contribution in [-0.2, 0) is 22.6 Å². The molecule has 0 radical (unpaired) electrons. The second-order valence-electron chi connectivity index (χ2n) is 9.42. The topological polar surface area (TPSA) is 139 Å². The van der Waals surface area contributed by atoms with Crippen molar-refractivity contribution in [2.24, 2.45) is 5.92 Å². The highest BCUT2D eigenvalue weighted by Gasteiger charge is 2.42. The summed E-state index contributed by atoms with van der Waals surface area (Å²) in [5, 5.41) is 22.0. The van der Waals surface area contributed by atoms with Crippen molar-refractivity contribution in [2.45, 2.75) is 37.8 Å². The molecule has 0 spiro atoms. The molecule has 184 valence electrons. The van der Waals surface area contributed by atoms with Crippen molar-refractivity contribution < 1.29 is 24.8 Å². The minimum absolute atomic E-state index is 0.0168. The first-order valence-corrected chi connectivity index (χ1v) is 11.7. The first kappa shape index (κ1) is 23.2. The summed E-state index contributed by atoms with van der Waals surface area (Å²) in [6.45, 7) is 1.40. The Kier molecular flexibility index (Phi) is 6.13. The molecule has 4 amide bonds. The van der Waals surface area contributed by atoms with Crippen molar-refractivity contribution >= 4 is 23.5 Å². The number of amides is 4. The number of carbonyl (C=O) groups is 3. The first-order valence-electron chi connectivity index (χ1n) is 11.7. The Hall–Kier alpha value is -3.54. The van der Waals surface area contributed by atoms with Crippen LogP contribution in [0.2, 0.25) is 0 Å². The Morgan fingerprint density at radius 1 is 1.09 bits per heavy atom. The van der Waals surface area contributed by atoms with Gasteiger partial charge in [0.15, 0.2) is 0 Å². The van der Waals surface area contributed by atoms with Crippen LogP contribution in [0.15, 0.2) is 47.3 Å². The number of quaternary nitrogens is 1. The molecule has 0 saturated carbocycles. The van der Waals surface area contributed by atoms with Crippen LogP contribution in [0.25, 0.3) is 0 Å². The van der Waals surface area contributed by atoms with Crippen molar-refractivity contribution in [3.63, 3.8) is 0 Å². The van der Waals surface area contributed by atoms with Gasteiger partial charge >= 0.3 is 11.6 Å². The molecule has 3 N–H and O–H groups in total. The van der Waals surface area contributed by atoms with Crippen LogP contribution < -0.4 is 16.1 Å². The van der Waals surface area contributed by atoms with E-state index in [1.165, 1.54) is 15.5 Å². The zero-order valence-corrected chi connectivity index (χ0v) is 19.1. The Labute approximate surface area is 201 Å². The van der Waals surface area contributed by atoms with Gasteiger partial charge in [-0.05, 0) is 30.4 Å². The zero-order chi connectivity index (χ0) is 24.7. The highest BCUT2D eigenvalue weighted by atomic mass is 16.8. The maximum Gasteiger partial charge on any atom is 0.324 e. The summed E-state index contributed by atoms with van der Waals surface area (Å²) in [6.07, 6.45) is 1.23. The molecule has 0 aliphatic carbocycles. The quantitative estimate of drug-likeness (QED) is 0.384. The minimum Gasteiger partial charge on any atom is -0.595 e. The number of hydrogen-bond donors (Lipinski definition) is 3. The summed E-state index contributed by atoms with van der Waals surface area (Å²) < 4.78 is 1.52. The number of urea groups is 1. The first-order chi connectivity index (χ1) is 16.8. The fraction of sp³-hybridized carbons (Fsp3) is 0.417. The van der Waals surface area contributed by atoms with E-state index in [9.17, 15) is 29.6 Å². The lowest BCUT2D eigenvalue weighted by molar-refractivity contribution is -0.992. The van der Waals surface area contributed by atoms with E-state index in [1.54, 1.807) is 11.0 Å². The van der Waals surface area contributed by atoms with Crippen molar-refractivity contribution in [1.29, 1.82) is 0 Å². The van der Waals surface area contributed by atoms with E-state index in [2.05, 4.69) is 5.32 Å². The Morgan fingerprint density at radius 2 is 1.86 bits per heavy atom. The molecule has 2 fully saturated rings. The maximum absolute atomic E-state index is 13.1. The predicted molar refractivity (Wildman–Crippen MR) is 123 cm³/mol. The summed E-state index contributed by atoms with van der Waals surface area (Å²) in [6, 6.07) is 11.2. The SMILES string of the molecule is O=C(C[C@@H]1NC(=O)N(CCc2ccccc2)C1=O)N1C[C@H]2C[C@@H](C1)c1ccc([NH+]([O-])O)c(=O)n1C2. The summed E-state index contributed by atoms with van der Waals surface area (Å²) >= 11 is 0. The van der Waals surface area contributed by atoms with Crippen LogP contribution in [0.4, 0.5) is 10.5 Å². The van der Waals surface area contributed by atoms with Crippen LogP contribution in [0.3, 0.4) is 0 Å². The highest BCUT2D eigenvalue weighted by molar-refractivity contribution is 6.05. The average Bonchev–Trinajstić information content (AvgIpc) is 3.10.